The molecule has 0 saturated heterocycles. The van der Waals surface area contributed by atoms with E-state index < -0.39 is 24.9 Å². The van der Waals surface area contributed by atoms with Gasteiger partial charge in [0.05, 0.1) is 24.3 Å². The lowest BCUT2D eigenvalue weighted by Gasteiger charge is -2.21. The summed E-state index contributed by atoms with van der Waals surface area (Å²) in [4.78, 5) is 13.3. The third-order valence-electron chi connectivity index (χ3n) is 2.83. The van der Waals surface area contributed by atoms with Crippen LogP contribution in [0.15, 0.2) is 24.3 Å². The van der Waals surface area contributed by atoms with Crippen LogP contribution in [0.1, 0.15) is 18.1 Å². The Balaban J connectivity index is 2.42. The molecule has 2 amide bonds. The number of amides is 2. The lowest BCUT2D eigenvalue weighted by molar-refractivity contribution is -0.174. The molecule has 23 heavy (non-hydrogen) atoms. The number of benzene rings is 1. The number of alkyl halides is 3. The van der Waals surface area contributed by atoms with Gasteiger partial charge in [0.15, 0.2) is 0 Å². The standard InChI is InChI=1S/C15H18F3N3O2/c1-11(9-23-10-15(16,17)18)20-14(22)21(2)8-13-5-3-4-12(6-13)7-19/h3-6,11H,8-10H2,1-2H3,(H,20,22)/t11-/m1/s1. The van der Waals surface area contributed by atoms with Gasteiger partial charge in [0.2, 0.25) is 0 Å². The lowest BCUT2D eigenvalue weighted by Crippen LogP contribution is -2.43. The van der Waals surface area contributed by atoms with Gasteiger partial charge in [0.1, 0.15) is 6.61 Å². The smallest absolute Gasteiger partial charge is 0.370 e. The Morgan fingerprint density at radius 2 is 2.17 bits per heavy atom. The molecule has 0 unspecified atom stereocenters. The molecule has 0 fully saturated rings. The van der Waals surface area contributed by atoms with Crippen molar-refractivity contribution < 1.29 is 22.7 Å². The molecule has 0 aromatic heterocycles. The zero-order valence-electron chi connectivity index (χ0n) is 12.9. The number of hydrogen-bond acceptors (Lipinski definition) is 3. The van der Waals surface area contributed by atoms with E-state index in [2.05, 4.69) is 10.1 Å². The third-order valence-corrected chi connectivity index (χ3v) is 2.83. The van der Waals surface area contributed by atoms with Crippen molar-refractivity contribution in [3.05, 3.63) is 35.4 Å². The molecule has 1 rings (SSSR count). The fraction of sp³-hybridized carbons (Fsp3) is 0.467. The summed E-state index contributed by atoms with van der Waals surface area (Å²) in [5.41, 5.74) is 1.27. The van der Waals surface area contributed by atoms with Gasteiger partial charge in [-0.25, -0.2) is 4.79 Å². The zero-order valence-corrected chi connectivity index (χ0v) is 12.9. The van der Waals surface area contributed by atoms with Crippen LogP contribution in [-0.4, -0.2) is 43.4 Å². The topological polar surface area (TPSA) is 65.4 Å². The van der Waals surface area contributed by atoms with Crippen molar-refractivity contribution in [1.82, 2.24) is 10.2 Å². The number of halogens is 3. The van der Waals surface area contributed by atoms with Crippen LogP contribution in [0.4, 0.5) is 18.0 Å². The van der Waals surface area contributed by atoms with Gasteiger partial charge in [-0.05, 0) is 24.6 Å². The normalized spacial score (nSPS) is 12.3. The highest BCUT2D eigenvalue weighted by molar-refractivity contribution is 5.74. The summed E-state index contributed by atoms with van der Waals surface area (Å²) in [5.74, 6) is 0. The second-order valence-corrected chi connectivity index (χ2v) is 5.15. The highest BCUT2D eigenvalue weighted by Gasteiger charge is 2.27. The molecule has 1 aromatic rings. The highest BCUT2D eigenvalue weighted by Crippen LogP contribution is 2.14. The molecule has 0 spiro atoms. The van der Waals surface area contributed by atoms with E-state index in [0.29, 0.717) is 5.56 Å². The fourth-order valence-electron chi connectivity index (χ4n) is 1.80. The molecular weight excluding hydrogens is 311 g/mol. The number of rotatable bonds is 6. The lowest BCUT2D eigenvalue weighted by atomic mass is 10.1. The minimum atomic E-state index is -4.38. The van der Waals surface area contributed by atoms with Gasteiger partial charge in [-0.15, -0.1) is 0 Å². The molecule has 1 N–H and O–H groups in total. The molecule has 0 aliphatic rings. The predicted molar refractivity (Wildman–Crippen MR) is 77.5 cm³/mol. The highest BCUT2D eigenvalue weighted by atomic mass is 19.4. The van der Waals surface area contributed by atoms with Gasteiger partial charge in [0.25, 0.3) is 0 Å². The van der Waals surface area contributed by atoms with Gasteiger partial charge in [0, 0.05) is 13.6 Å². The van der Waals surface area contributed by atoms with Crippen molar-refractivity contribution >= 4 is 6.03 Å². The Morgan fingerprint density at radius 1 is 1.48 bits per heavy atom. The molecular formula is C15H18F3N3O2. The van der Waals surface area contributed by atoms with Crippen molar-refractivity contribution in [3.63, 3.8) is 0 Å². The first-order valence-corrected chi connectivity index (χ1v) is 6.86. The molecule has 8 heteroatoms. The molecule has 5 nitrogen and oxygen atoms in total. The minimum Gasteiger partial charge on any atom is -0.370 e. The second-order valence-electron chi connectivity index (χ2n) is 5.15. The van der Waals surface area contributed by atoms with Crippen molar-refractivity contribution in [2.75, 3.05) is 20.3 Å². The van der Waals surface area contributed by atoms with Gasteiger partial charge >= 0.3 is 12.2 Å². The molecule has 0 aliphatic carbocycles. The van der Waals surface area contributed by atoms with E-state index in [1.54, 1.807) is 38.2 Å². The Hall–Kier alpha value is -2.27. The average molecular weight is 329 g/mol. The van der Waals surface area contributed by atoms with Crippen molar-refractivity contribution in [3.8, 4) is 6.07 Å². The van der Waals surface area contributed by atoms with Crippen LogP contribution >= 0.6 is 0 Å². The van der Waals surface area contributed by atoms with E-state index in [1.807, 2.05) is 6.07 Å². The number of carbonyl (C=O) groups excluding carboxylic acids is 1. The first-order valence-electron chi connectivity index (χ1n) is 6.86. The van der Waals surface area contributed by atoms with Crippen molar-refractivity contribution in [2.45, 2.75) is 25.7 Å². The number of carbonyl (C=O) groups is 1. The second kappa shape index (κ2) is 8.39. The van der Waals surface area contributed by atoms with E-state index in [9.17, 15) is 18.0 Å². The molecule has 0 radical (unpaired) electrons. The third kappa shape index (κ3) is 7.51. The van der Waals surface area contributed by atoms with Crippen LogP contribution in [-0.2, 0) is 11.3 Å². The Kier molecular flexibility index (Phi) is 6.85. The van der Waals surface area contributed by atoms with Crippen LogP contribution in [0.2, 0.25) is 0 Å². The summed E-state index contributed by atoms with van der Waals surface area (Å²) >= 11 is 0. The van der Waals surface area contributed by atoms with E-state index in [0.717, 1.165) is 5.56 Å². The van der Waals surface area contributed by atoms with Gasteiger partial charge < -0.3 is 15.0 Å². The zero-order chi connectivity index (χ0) is 17.5. The molecule has 0 heterocycles. The van der Waals surface area contributed by atoms with Crippen molar-refractivity contribution in [2.24, 2.45) is 0 Å². The monoisotopic (exact) mass is 329 g/mol. The van der Waals surface area contributed by atoms with Crippen LogP contribution in [0.5, 0.6) is 0 Å². The van der Waals surface area contributed by atoms with Crippen molar-refractivity contribution in [1.29, 1.82) is 5.26 Å². The van der Waals surface area contributed by atoms with Crippen LogP contribution in [0.25, 0.3) is 0 Å². The fourth-order valence-corrected chi connectivity index (χ4v) is 1.80. The van der Waals surface area contributed by atoms with E-state index >= 15 is 0 Å². The summed E-state index contributed by atoms with van der Waals surface area (Å²) in [5, 5.41) is 11.4. The van der Waals surface area contributed by atoms with Gasteiger partial charge in [-0.2, -0.15) is 18.4 Å². The molecule has 0 bridgehead atoms. The SMILES string of the molecule is C[C@H](COCC(F)(F)F)NC(=O)N(C)Cc1cccc(C#N)c1. The number of nitriles is 1. The predicted octanol–water partition coefficient (Wildman–Crippen LogP) is 2.67. The van der Waals surface area contributed by atoms with E-state index in [-0.39, 0.29) is 13.2 Å². The largest absolute Gasteiger partial charge is 0.411 e. The number of hydrogen-bond donors (Lipinski definition) is 1. The Bertz CT molecular complexity index is 570. The number of urea groups is 1. The van der Waals surface area contributed by atoms with E-state index in [4.69, 9.17) is 5.26 Å². The number of nitrogens with one attached hydrogen (secondary N) is 1. The maximum absolute atomic E-state index is 12.0. The van der Waals surface area contributed by atoms with Crippen LogP contribution in [0.3, 0.4) is 0 Å². The molecule has 0 saturated carbocycles. The van der Waals surface area contributed by atoms with Gasteiger partial charge in [-0.3, -0.25) is 0 Å². The molecule has 0 aliphatic heterocycles. The minimum absolute atomic E-state index is 0.233. The number of nitrogens with zero attached hydrogens (tertiary/aromatic N) is 2. The van der Waals surface area contributed by atoms with Gasteiger partial charge in [-0.1, -0.05) is 12.1 Å². The summed E-state index contributed by atoms with van der Waals surface area (Å²) in [6.07, 6.45) is -4.38. The Morgan fingerprint density at radius 3 is 2.78 bits per heavy atom. The first-order chi connectivity index (χ1) is 10.7. The quantitative estimate of drug-likeness (QED) is 0.872. The Labute approximate surface area is 132 Å². The summed E-state index contributed by atoms with van der Waals surface area (Å²) in [6.45, 7) is 0.253. The van der Waals surface area contributed by atoms with Crippen LogP contribution < -0.4 is 5.32 Å². The summed E-state index contributed by atoms with van der Waals surface area (Å²) in [6, 6.07) is 7.83. The molecule has 126 valence electrons. The molecule has 1 aromatic carbocycles. The summed E-state index contributed by atoms with van der Waals surface area (Å²) in [7, 11) is 1.55. The average Bonchev–Trinajstić information content (AvgIpc) is 2.45. The summed E-state index contributed by atoms with van der Waals surface area (Å²) < 4.78 is 40.4. The first kappa shape index (κ1) is 18.8. The maximum atomic E-state index is 12.0. The maximum Gasteiger partial charge on any atom is 0.411 e. The molecule has 1 atom stereocenters. The van der Waals surface area contributed by atoms with Crippen LogP contribution in [0, 0.1) is 11.3 Å². The van der Waals surface area contributed by atoms with E-state index in [1.165, 1.54) is 4.90 Å². The number of ether oxygens (including phenoxy) is 1.